The molecule has 7 heteroatoms. The first-order valence-corrected chi connectivity index (χ1v) is 7.09. The molecule has 0 bridgehead atoms. The van der Waals surface area contributed by atoms with Crippen molar-refractivity contribution < 1.29 is 9.59 Å². The van der Waals surface area contributed by atoms with Crippen molar-refractivity contribution in [1.82, 2.24) is 19.8 Å². The van der Waals surface area contributed by atoms with Gasteiger partial charge in [-0.15, -0.1) is 0 Å². The maximum absolute atomic E-state index is 12.2. The van der Waals surface area contributed by atoms with E-state index in [1.54, 1.807) is 31.2 Å². The van der Waals surface area contributed by atoms with E-state index in [9.17, 15) is 9.59 Å². The van der Waals surface area contributed by atoms with Gasteiger partial charge in [-0.05, 0) is 12.3 Å². The molecule has 7 nitrogen and oxygen atoms in total. The van der Waals surface area contributed by atoms with E-state index < -0.39 is 6.04 Å². The van der Waals surface area contributed by atoms with Crippen molar-refractivity contribution in [3.05, 3.63) is 18.2 Å². The Hall–Kier alpha value is -1.89. The number of amides is 2. The van der Waals surface area contributed by atoms with E-state index in [-0.39, 0.29) is 11.8 Å². The summed E-state index contributed by atoms with van der Waals surface area (Å²) in [6.45, 7) is 5.11. The molecule has 118 valence electrons. The molecule has 1 aromatic rings. The number of carbonyl (C=O) groups excluding carboxylic acids is 2. The third-order valence-corrected chi connectivity index (χ3v) is 3.00. The Morgan fingerprint density at radius 2 is 2.10 bits per heavy atom. The number of carbonyl (C=O) groups is 2. The van der Waals surface area contributed by atoms with Crippen LogP contribution >= 0.6 is 0 Å². The Kier molecular flexibility index (Phi) is 6.36. The molecule has 0 spiro atoms. The molecule has 3 N–H and O–H groups in total. The van der Waals surface area contributed by atoms with E-state index in [4.69, 9.17) is 5.73 Å². The van der Waals surface area contributed by atoms with Gasteiger partial charge < -0.3 is 20.5 Å². The Bertz CT molecular complexity index is 481. The van der Waals surface area contributed by atoms with Crippen LogP contribution in [0.2, 0.25) is 0 Å². The number of nitrogens with zero attached hydrogens (tertiary/aromatic N) is 3. The van der Waals surface area contributed by atoms with Crippen LogP contribution in [0, 0.1) is 5.92 Å². The fourth-order valence-electron chi connectivity index (χ4n) is 1.99. The van der Waals surface area contributed by atoms with Crippen molar-refractivity contribution in [2.45, 2.75) is 32.9 Å². The van der Waals surface area contributed by atoms with Gasteiger partial charge >= 0.3 is 0 Å². The van der Waals surface area contributed by atoms with Crippen LogP contribution < -0.4 is 11.1 Å². The zero-order chi connectivity index (χ0) is 16.0. The number of hydrogen-bond donors (Lipinski definition) is 2. The van der Waals surface area contributed by atoms with E-state index in [1.165, 1.54) is 4.90 Å². The highest BCUT2D eigenvalue weighted by Gasteiger charge is 2.24. The summed E-state index contributed by atoms with van der Waals surface area (Å²) in [6, 6.07) is -0.535. The highest BCUT2D eigenvalue weighted by Crippen LogP contribution is 2.08. The van der Waals surface area contributed by atoms with Crippen LogP contribution in [-0.4, -0.2) is 52.9 Å². The fourth-order valence-corrected chi connectivity index (χ4v) is 1.99. The lowest BCUT2D eigenvalue weighted by Gasteiger charge is -2.22. The number of hydrogen-bond acceptors (Lipinski definition) is 4. The van der Waals surface area contributed by atoms with Crippen LogP contribution in [0.25, 0.3) is 0 Å². The third kappa shape index (κ3) is 5.18. The molecule has 0 saturated heterocycles. The topological polar surface area (TPSA) is 93.2 Å². The smallest absolute Gasteiger partial charge is 0.272 e. The Morgan fingerprint density at radius 3 is 2.62 bits per heavy atom. The van der Waals surface area contributed by atoms with Crippen LogP contribution in [0.4, 0.5) is 0 Å². The lowest BCUT2D eigenvalue weighted by atomic mass is 10.0. The molecular weight excluding hydrogens is 270 g/mol. The normalized spacial score (nSPS) is 12.3. The molecule has 1 rings (SSSR count). The zero-order valence-corrected chi connectivity index (χ0v) is 13.2. The summed E-state index contributed by atoms with van der Waals surface area (Å²) in [5.74, 6) is -0.154. The van der Waals surface area contributed by atoms with Crippen molar-refractivity contribution >= 4 is 11.8 Å². The van der Waals surface area contributed by atoms with Crippen LogP contribution in [0.1, 0.15) is 30.8 Å². The number of nitrogens with two attached hydrogens (primary N) is 1. The first-order valence-electron chi connectivity index (χ1n) is 7.09. The van der Waals surface area contributed by atoms with E-state index in [1.807, 2.05) is 13.8 Å². The predicted octanol–water partition coefficient (Wildman–Crippen LogP) is 0.0745. The third-order valence-electron chi connectivity index (χ3n) is 3.00. The fraction of sp³-hybridized carbons (Fsp3) is 0.643. The highest BCUT2D eigenvalue weighted by atomic mass is 16.2. The standard InChI is InChI=1S/C14H25N5O2/c1-10(2)7-11(14(21)18(3)4)17-13(20)12-8-19(6-5-15)9-16-12/h8-11H,5-7,15H2,1-4H3,(H,17,20). The molecule has 21 heavy (non-hydrogen) atoms. The van der Waals surface area contributed by atoms with Gasteiger partial charge in [-0.25, -0.2) is 4.98 Å². The summed E-state index contributed by atoms with van der Waals surface area (Å²) >= 11 is 0. The lowest BCUT2D eigenvalue weighted by molar-refractivity contribution is -0.131. The number of imidazole rings is 1. The van der Waals surface area contributed by atoms with Crippen LogP contribution in [0.5, 0.6) is 0 Å². The summed E-state index contributed by atoms with van der Waals surface area (Å²) < 4.78 is 1.75. The van der Waals surface area contributed by atoms with Crippen LogP contribution in [-0.2, 0) is 11.3 Å². The quantitative estimate of drug-likeness (QED) is 0.744. The van der Waals surface area contributed by atoms with Gasteiger partial charge in [-0.2, -0.15) is 0 Å². The molecule has 2 amide bonds. The Balaban J connectivity index is 2.76. The van der Waals surface area contributed by atoms with Crippen molar-refractivity contribution in [2.75, 3.05) is 20.6 Å². The molecule has 1 atom stereocenters. The molecule has 0 radical (unpaired) electrons. The minimum Gasteiger partial charge on any atom is -0.347 e. The van der Waals surface area contributed by atoms with Crippen molar-refractivity contribution in [3.8, 4) is 0 Å². The van der Waals surface area contributed by atoms with E-state index >= 15 is 0 Å². The average molecular weight is 295 g/mol. The monoisotopic (exact) mass is 295 g/mol. The van der Waals surface area contributed by atoms with Gasteiger partial charge in [0.1, 0.15) is 11.7 Å². The molecule has 0 aliphatic heterocycles. The van der Waals surface area contributed by atoms with Gasteiger partial charge in [0.25, 0.3) is 5.91 Å². The summed E-state index contributed by atoms with van der Waals surface area (Å²) in [6.07, 6.45) is 3.79. The van der Waals surface area contributed by atoms with Gasteiger partial charge in [0.05, 0.1) is 6.33 Å². The molecule has 0 aromatic carbocycles. The molecule has 1 unspecified atom stereocenters. The summed E-state index contributed by atoms with van der Waals surface area (Å²) in [5, 5.41) is 2.76. The lowest BCUT2D eigenvalue weighted by Crippen LogP contribution is -2.47. The maximum atomic E-state index is 12.2. The van der Waals surface area contributed by atoms with Gasteiger partial charge in [-0.3, -0.25) is 9.59 Å². The van der Waals surface area contributed by atoms with Crippen molar-refractivity contribution in [1.29, 1.82) is 0 Å². The molecule has 0 aliphatic carbocycles. The first-order chi connectivity index (χ1) is 9.85. The second-order valence-electron chi connectivity index (χ2n) is 5.67. The van der Waals surface area contributed by atoms with Crippen LogP contribution in [0.3, 0.4) is 0 Å². The minimum atomic E-state index is -0.535. The Labute approximate surface area is 125 Å². The molecule has 0 aliphatic rings. The number of aromatic nitrogens is 2. The molecule has 0 saturated carbocycles. The second kappa shape index (κ2) is 7.78. The van der Waals surface area contributed by atoms with E-state index in [0.717, 1.165) is 0 Å². The minimum absolute atomic E-state index is 0.113. The van der Waals surface area contributed by atoms with E-state index in [2.05, 4.69) is 10.3 Å². The maximum Gasteiger partial charge on any atom is 0.272 e. The summed E-state index contributed by atoms with van der Waals surface area (Å²) in [5.41, 5.74) is 5.75. The Morgan fingerprint density at radius 1 is 1.43 bits per heavy atom. The van der Waals surface area contributed by atoms with Gasteiger partial charge in [0.15, 0.2) is 0 Å². The van der Waals surface area contributed by atoms with Crippen molar-refractivity contribution in [2.24, 2.45) is 11.7 Å². The second-order valence-corrected chi connectivity index (χ2v) is 5.67. The summed E-state index contributed by atoms with van der Waals surface area (Å²) in [7, 11) is 3.36. The number of likely N-dealkylation sites (N-methyl/N-ethyl adjacent to an activating group) is 1. The number of nitrogens with one attached hydrogen (secondary N) is 1. The van der Waals surface area contributed by atoms with E-state index in [0.29, 0.717) is 31.1 Å². The highest BCUT2D eigenvalue weighted by molar-refractivity contribution is 5.95. The predicted molar refractivity (Wildman–Crippen MR) is 80.7 cm³/mol. The molecule has 1 aromatic heterocycles. The molecular formula is C14H25N5O2. The van der Waals surface area contributed by atoms with Crippen LogP contribution in [0.15, 0.2) is 12.5 Å². The SMILES string of the molecule is CC(C)CC(NC(=O)c1cn(CCN)cn1)C(=O)N(C)C. The summed E-state index contributed by atoms with van der Waals surface area (Å²) in [4.78, 5) is 29.8. The zero-order valence-electron chi connectivity index (χ0n) is 13.2. The number of rotatable bonds is 7. The van der Waals surface area contributed by atoms with Gasteiger partial charge in [0, 0.05) is 33.4 Å². The molecule has 1 heterocycles. The average Bonchev–Trinajstić information content (AvgIpc) is 2.85. The largest absolute Gasteiger partial charge is 0.347 e. The van der Waals surface area contributed by atoms with Crippen molar-refractivity contribution in [3.63, 3.8) is 0 Å². The van der Waals surface area contributed by atoms with Gasteiger partial charge in [-0.1, -0.05) is 13.8 Å². The molecule has 0 fully saturated rings. The first kappa shape index (κ1) is 17.2. The van der Waals surface area contributed by atoms with Gasteiger partial charge in [0.2, 0.25) is 5.91 Å².